The van der Waals surface area contributed by atoms with Crippen LogP contribution in [0.1, 0.15) is 129 Å². The van der Waals surface area contributed by atoms with Crippen molar-refractivity contribution in [3.63, 3.8) is 0 Å². The van der Waals surface area contributed by atoms with Crippen molar-refractivity contribution >= 4 is 5.91 Å². The van der Waals surface area contributed by atoms with Gasteiger partial charge < -0.3 is 30.3 Å². The minimum Gasteiger partial charge on any atom is -0.400 e. The fourth-order valence-corrected chi connectivity index (χ4v) is 6.36. The molecule has 0 aromatic heterocycles. The number of carbonyl (C=O) groups is 1. The normalized spacial score (nSPS) is 17.1. The van der Waals surface area contributed by atoms with Gasteiger partial charge in [0.05, 0.1) is 18.3 Å². The predicted octanol–water partition coefficient (Wildman–Crippen LogP) is 9.93. The Balaban J connectivity index is 0. The number of aryl methyl sites for hydroxylation is 1. The second-order valence-electron chi connectivity index (χ2n) is 15.1. The standard InChI is InChI=1S/C41H60N2O4.C3H6.2C2H6.CH4O/c1-9-10-13-30(3)43(8)39(24-33-15-18-34(19-16-33)29(2)28-44)40(46)42-21-12-11-14-32-17-20-35(27-41(5,6)7)36(23-32)25-38-26-37(45)22-31(4)47-38;1-3-2;3*1-2/h9-10,13,15-20,23,29,31,37-39,44-45H,1,3,11-12,14,21-22,24-28H2,2,4-8H3,(H,42,46);3H,1H2,2H3;2*1-2H3;2H,1H3/b13-10-;;;;. The molecule has 0 saturated carbocycles. The van der Waals surface area contributed by atoms with E-state index >= 15 is 0 Å². The molecule has 7 heteroatoms. The molecular weight excluding hydrogens is 697 g/mol. The second kappa shape index (κ2) is 31.6. The van der Waals surface area contributed by atoms with E-state index in [0.29, 0.717) is 25.8 Å². The number of nitrogens with one attached hydrogen (secondary N) is 1. The number of benzene rings is 2. The van der Waals surface area contributed by atoms with Crippen LogP contribution in [0.4, 0.5) is 0 Å². The van der Waals surface area contributed by atoms with Crippen LogP contribution in [-0.2, 0) is 35.2 Å². The van der Waals surface area contributed by atoms with Gasteiger partial charge in [0.1, 0.15) is 6.04 Å². The highest BCUT2D eigenvalue weighted by molar-refractivity contribution is 5.82. The Bertz CT molecular complexity index is 1370. The third-order valence-electron chi connectivity index (χ3n) is 9.09. The summed E-state index contributed by atoms with van der Waals surface area (Å²) in [5.41, 5.74) is 7.04. The first kappa shape index (κ1) is 54.6. The number of hydrogen-bond donors (Lipinski definition) is 4. The van der Waals surface area contributed by atoms with E-state index in [2.05, 4.69) is 70.9 Å². The Morgan fingerprint density at radius 1 is 1.00 bits per heavy atom. The molecular formula is C49H82N2O5. The molecule has 0 radical (unpaired) electrons. The number of likely N-dealkylation sites (N-methyl/N-ethyl adjacent to an activating group) is 1. The number of aliphatic hydroxyl groups excluding tert-OH is 3. The molecule has 5 atom stereocenters. The summed E-state index contributed by atoms with van der Waals surface area (Å²) < 4.78 is 6.22. The predicted molar refractivity (Wildman–Crippen MR) is 241 cm³/mol. The Morgan fingerprint density at radius 3 is 2.12 bits per heavy atom. The highest BCUT2D eigenvalue weighted by Crippen LogP contribution is 2.28. The number of aliphatic hydroxyl groups is 3. The van der Waals surface area contributed by atoms with E-state index in [1.807, 2.05) is 89.9 Å². The molecule has 0 bridgehead atoms. The first-order valence-electron chi connectivity index (χ1n) is 20.8. The Hall–Kier alpha value is -3.49. The first-order valence-corrected chi connectivity index (χ1v) is 20.8. The van der Waals surface area contributed by atoms with Gasteiger partial charge in [-0.15, -0.1) is 6.58 Å². The van der Waals surface area contributed by atoms with Gasteiger partial charge in [-0.1, -0.05) is 129 Å². The maximum Gasteiger partial charge on any atom is 0.243 e. The van der Waals surface area contributed by atoms with Crippen molar-refractivity contribution in [2.24, 2.45) is 5.41 Å². The fourth-order valence-electron chi connectivity index (χ4n) is 6.36. The molecule has 1 fully saturated rings. The number of allylic oxidation sites excluding steroid dienone is 4. The van der Waals surface area contributed by atoms with E-state index in [0.717, 1.165) is 56.0 Å². The number of ether oxygens (including phenoxy) is 1. The van der Waals surface area contributed by atoms with Gasteiger partial charge in [-0.3, -0.25) is 4.79 Å². The van der Waals surface area contributed by atoms with Crippen molar-refractivity contribution in [2.45, 2.75) is 151 Å². The van der Waals surface area contributed by atoms with Crippen LogP contribution in [0.25, 0.3) is 0 Å². The molecule has 1 amide bonds. The zero-order valence-corrected chi connectivity index (χ0v) is 37.5. The van der Waals surface area contributed by atoms with Crippen LogP contribution in [0, 0.1) is 5.41 Å². The smallest absolute Gasteiger partial charge is 0.243 e. The molecule has 1 aliphatic heterocycles. The molecule has 5 unspecified atom stereocenters. The number of hydrogen-bond acceptors (Lipinski definition) is 6. The van der Waals surface area contributed by atoms with Crippen molar-refractivity contribution in [1.82, 2.24) is 10.2 Å². The average molecular weight is 779 g/mol. The summed E-state index contributed by atoms with van der Waals surface area (Å²) in [6, 6.07) is 14.6. The zero-order valence-electron chi connectivity index (χ0n) is 37.5. The first-order chi connectivity index (χ1) is 26.7. The van der Waals surface area contributed by atoms with E-state index in [4.69, 9.17) is 9.84 Å². The molecule has 1 heterocycles. The zero-order chi connectivity index (χ0) is 43.3. The molecule has 56 heavy (non-hydrogen) atoms. The van der Waals surface area contributed by atoms with Crippen molar-refractivity contribution in [3.8, 4) is 0 Å². The Labute approximate surface area is 343 Å². The van der Waals surface area contributed by atoms with Gasteiger partial charge in [0.25, 0.3) is 0 Å². The van der Waals surface area contributed by atoms with Gasteiger partial charge in [0.2, 0.25) is 5.91 Å². The molecule has 2 aromatic rings. The lowest BCUT2D eigenvalue weighted by Gasteiger charge is -2.32. The Morgan fingerprint density at radius 2 is 1.59 bits per heavy atom. The highest BCUT2D eigenvalue weighted by Gasteiger charge is 2.27. The number of nitrogens with zero attached hydrogens (tertiary/aromatic N) is 1. The van der Waals surface area contributed by atoms with Gasteiger partial charge in [-0.25, -0.2) is 0 Å². The number of amides is 1. The van der Waals surface area contributed by atoms with Gasteiger partial charge in [-0.05, 0) is 98.1 Å². The molecule has 7 nitrogen and oxygen atoms in total. The minimum atomic E-state index is -0.417. The molecule has 0 aliphatic carbocycles. The van der Waals surface area contributed by atoms with Crippen LogP contribution in [0.15, 0.2) is 92.2 Å². The Kier molecular flexibility index (Phi) is 30.8. The highest BCUT2D eigenvalue weighted by atomic mass is 16.5. The summed E-state index contributed by atoms with van der Waals surface area (Å²) >= 11 is 0. The lowest BCUT2D eigenvalue weighted by molar-refractivity contribution is -0.125. The van der Waals surface area contributed by atoms with E-state index in [1.54, 1.807) is 12.2 Å². The third-order valence-corrected chi connectivity index (χ3v) is 9.09. The summed E-state index contributed by atoms with van der Waals surface area (Å²) in [7, 11) is 2.91. The van der Waals surface area contributed by atoms with E-state index in [-0.39, 0.29) is 42.2 Å². The van der Waals surface area contributed by atoms with E-state index < -0.39 is 6.04 Å². The maximum atomic E-state index is 13.6. The van der Waals surface area contributed by atoms with Crippen molar-refractivity contribution < 1.29 is 24.9 Å². The summed E-state index contributed by atoms with van der Waals surface area (Å²) in [5, 5.41) is 30.0. The number of unbranched alkanes of at least 4 members (excludes halogenated alkanes) is 1. The topological polar surface area (TPSA) is 102 Å². The quantitative estimate of drug-likeness (QED) is 0.0725. The van der Waals surface area contributed by atoms with Gasteiger partial charge in [0.15, 0.2) is 0 Å². The SMILES string of the molecule is C=C/C=C\C(=C)N(C)C(Cc1ccc(C(C)CO)cc1)C(=O)NCCCCc1ccc(CC(C)(C)C)c(CC2CC(O)CC(C)O2)c1.C=CC.CC.CC.CO. The molecule has 1 saturated heterocycles. The molecule has 3 rings (SSSR count). The van der Waals surface area contributed by atoms with Gasteiger partial charge in [-0.2, -0.15) is 0 Å². The monoisotopic (exact) mass is 779 g/mol. The summed E-state index contributed by atoms with van der Waals surface area (Å²) in [6.07, 6.45) is 13.5. The maximum absolute atomic E-state index is 13.6. The molecule has 1 aliphatic rings. The summed E-state index contributed by atoms with van der Waals surface area (Å²) in [6.45, 7) is 32.7. The number of carbonyl (C=O) groups excluding carboxylic acids is 1. The second-order valence-corrected chi connectivity index (χ2v) is 15.1. The largest absolute Gasteiger partial charge is 0.400 e. The lowest BCUT2D eigenvalue weighted by atomic mass is 9.83. The van der Waals surface area contributed by atoms with Crippen LogP contribution in [0.2, 0.25) is 0 Å². The minimum absolute atomic E-state index is 0.0221. The summed E-state index contributed by atoms with van der Waals surface area (Å²) in [5.74, 6) is 0.0533. The fraction of sp³-hybridized carbons (Fsp3) is 0.571. The average Bonchev–Trinajstić information content (AvgIpc) is 3.18. The van der Waals surface area contributed by atoms with Crippen molar-refractivity contribution in [1.29, 1.82) is 0 Å². The summed E-state index contributed by atoms with van der Waals surface area (Å²) in [4.78, 5) is 15.5. The van der Waals surface area contributed by atoms with Gasteiger partial charge in [0, 0.05) is 45.3 Å². The van der Waals surface area contributed by atoms with Crippen molar-refractivity contribution in [3.05, 3.63) is 120 Å². The lowest BCUT2D eigenvalue weighted by Crippen LogP contribution is -2.46. The van der Waals surface area contributed by atoms with Crippen LogP contribution in [0.5, 0.6) is 0 Å². The molecule has 4 N–H and O–H groups in total. The molecule has 318 valence electrons. The van der Waals surface area contributed by atoms with Crippen LogP contribution >= 0.6 is 0 Å². The third kappa shape index (κ3) is 22.3. The molecule has 0 spiro atoms. The van der Waals surface area contributed by atoms with Crippen LogP contribution in [-0.4, -0.2) is 77.8 Å². The van der Waals surface area contributed by atoms with Crippen LogP contribution in [0.3, 0.4) is 0 Å². The van der Waals surface area contributed by atoms with E-state index in [9.17, 15) is 15.0 Å². The number of rotatable bonds is 17. The van der Waals surface area contributed by atoms with Crippen LogP contribution < -0.4 is 5.32 Å². The van der Waals surface area contributed by atoms with E-state index in [1.165, 1.54) is 16.7 Å². The molecule has 2 aromatic carbocycles. The van der Waals surface area contributed by atoms with Gasteiger partial charge >= 0.3 is 0 Å². The van der Waals surface area contributed by atoms with Crippen molar-refractivity contribution in [2.75, 3.05) is 27.3 Å².